The standard InChI is InChI=1S/C17H22N2O4/c1-2-10-18-15(20)8-5-9-16(21)19-11-13(17(22)23)12-6-3-4-7-14(12)19/h3-4,6-7,13H,2,5,8-11H2,1H3,(H,18,20)(H,22,23). The number of amides is 2. The zero-order valence-electron chi connectivity index (χ0n) is 13.2. The number of fused-ring (bicyclic) bond motifs is 1. The van der Waals surface area contributed by atoms with Crippen LogP contribution in [0.2, 0.25) is 0 Å². The molecule has 0 aliphatic carbocycles. The lowest BCUT2D eigenvalue weighted by Gasteiger charge is -2.17. The quantitative estimate of drug-likeness (QED) is 0.804. The van der Waals surface area contributed by atoms with Crippen molar-refractivity contribution >= 4 is 23.5 Å². The molecule has 2 amide bonds. The van der Waals surface area contributed by atoms with E-state index >= 15 is 0 Å². The minimum Gasteiger partial charge on any atom is -0.481 e. The number of carbonyl (C=O) groups is 3. The second kappa shape index (κ2) is 7.76. The average Bonchev–Trinajstić information content (AvgIpc) is 2.92. The van der Waals surface area contributed by atoms with Crippen LogP contribution in [0.25, 0.3) is 0 Å². The third-order valence-corrected chi connectivity index (χ3v) is 3.93. The van der Waals surface area contributed by atoms with E-state index in [4.69, 9.17) is 0 Å². The predicted octanol–water partition coefficient (Wildman–Crippen LogP) is 1.90. The van der Waals surface area contributed by atoms with E-state index in [9.17, 15) is 19.5 Å². The molecule has 0 radical (unpaired) electrons. The predicted molar refractivity (Wildman–Crippen MR) is 86.3 cm³/mol. The van der Waals surface area contributed by atoms with E-state index < -0.39 is 11.9 Å². The maximum Gasteiger partial charge on any atom is 0.312 e. The fraction of sp³-hybridized carbons (Fsp3) is 0.471. The molecule has 1 atom stereocenters. The Bertz CT molecular complexity index is 600. The summed E-state index contributed by atoms with van der Waals surface area (Å²) in [5.74, 6) is -1.79. The van der Waals surface area contributed by atoms with Crippen molar-refractivity contribution in [3.63, 3.8) is 0 Å². The highest BCUT2D eigenvalue weighted by atomic mass is 16.4. The number of hydrogen-bond donors (Lipinski definition) is 2. The van der Waals surface area contributed by atoms with E-state index in [2.05, 4.69) is 5.32 Å². The Morgan fingerprint density at radius 1 is 1.26 bits per heavy atom. The van der Waals surface area contributed by atoms with Gasteiger partial charge in [0.15, 0.2) is 0 Å². The second-order valence-corrected chi connectivity index (χ2v) is 5.66. The Balaban J connectivity index is 1.93. The van der Waals surface area contributed by atoms with Crippen molar-refractivity contribution < 1.29 is 19.5 Å². The topological polar surface area (TPSA) is 86.7 Å². The van der Waals surface area contributed by atoms with E-state index in [0.29, 0.717) is 30.6 Å². The van der Waals surface area contributed by atoms with Gasteiger partial charge in [0.05, 0.1) is 0 Å². The molecule has 1 heterocycles. The summed E-state index contributed by atoms with van der Waals surface area (Å²) < 4.78 is 0. The number of para-hydroxylation sites is 1. The van der Waals surface area contributed by atoms with E-state index in [0.717, 1.165) is 6.42 Å². The van der Waals surface area contributed by atoms with Gasteiger partial charge in [0.1, 0.15) is 5.92 Å². The molecule has 124 valence electrons. The summed E-state index contributed by atoms with van der Waals surface area (Å²) in [4.78, 5) is 36.8. The molecule has 1 unspecified atom stereocenters. The van der Waals surface area contributed by atoms with Gasteiger partial charge in [-0.1, -0.05) is 25.1 Å². The summed E-state index contributed by atoms with van der Waals surface area (Å²) >= 11 is 0. The van der Waals surface area contributed by atoms with Crippen LogP contribution >= 0.6 is 0 Å². The second-order valence-electron chi connectivity index (χ2n) is 5.66. The van der Waals surface area contributed by atoms with Gasteiger partial charge in [-0.05, 0) is 24.5 Å². The molecule has 1 aromatic carbocycles. The van der Waals surface area contributed by atoms with Crippen molar-refractivity contribution in [2.75, 3.05) is 18.0 Å². The first-order valence-corrected chi connectivity index (χ1v) is 7.93. The maximum atomic E-state index is 12.4. The molecule has 0 saturated heterocycles. The Hall–Kier alpha value is -2.37. The summed E-state index contributed by atoms with van der Waals surface area (Å²) in [5, 5.41) is 12.1. The normalized spacial score (nSPS) is 16.0. The number of carboxylic acids is 1. The van der Waals surface area contributed by atoms with Crippen LogP contribution in [0.1, 0.15) is 44.1 Å². The molecule has 6 heteroatoms. The summed E-state index contributed by atoms with van der Waals surface area (Å²) in [6.07, 6.45) is 1.89. The first-order valence-electron chi connectivity index (χ1n) is 7.93. The van der Waals surface area contributed by atoms with Gasteiger partial charge in [0, 0.05) is 31.6 Å². The zero-order chi connectivity index (χ0) is 16.8. The van der Waals surface area contributed by atoms with Gasteiger partial charge in [0.25, 0.3) is 0 Å². The summed E-state index contributed by atoms with van der Waals surface area (Å²) in [6.45, 7) is 2.79. The van der Waals surface area contributed by atoms with Crippen molar-refractivity contribution in [3.8, 4) is 0 Å². The molecule has 0 fully saturated rings. The molecular formula is C17H22N2O4. The van der Waals surface area contributed by atoms with Crippen LogP contribution in [0, 0.1) is 0 Å². The summed E-state index contributed by atoms with van der Waals surface area (Å²) in [7, 11) is 0. The molecule has 1 aromatic rings. The third-order valence-electron chi connectivity index (χ3n) is 3.93. The Kier molecular flexibility index (Phi) is 5.73. The monoisotopic (exact) mass is 318 g/mol. The smallest absolute Gasteiger partial charge is 0.312 e. The molecule has 1 aliphatic rings. The zero-order valence-corrected chi connectivity index (χ0v) is 13.2. The SMILES string of the molecule is CCCNC(=O)CCCC(=O)N1CC(C(=O)O)c2ccccc21. The van der Waals surface area contributed by atoms with E-state index in [-0.39, 0.29) is 24.8 Å². The lowest BCUT2D eigenvalue weighted by molar-refractivity contribution is -0.138. The lowest BCUT2D eigenvalue weighted by Crippen LogP contribution is -2.31. The van der Waals surface area contributed by atoms with E-state index in [1.165, 1.54) is 4.90 Å². The van der Waals surface area contributed by atoms with Crippen molar-refractivity contribution in [3.05, 3.63) is 29.8 Å². The Morgan fingerprint density at radius 3 is 2.70 bits per heavy atom. The molecule has 0 bridgehead atoms. The van der Waals surface area contributed by atoms with Gasteiger partial charge in [-0.25, -0.2) is 0 Å². The first kappa shape index (κ1) is 17.0. The number of nitrogens with zero attached hydrogens (tertiary/aromatic N) is 1. The maximum absolute atomic E-state index is 12.4. The van der Waals surface area contributed by atoms with Gasteiger partial charge in [-0.2, -0.15) is 0 Å². The molecule has 2 N–H and O–H groups in total. The fourth-order valence-corrected chi connectivity index (χ4v) is 2.74. The van der Waals surface area contributed by atoms with E-state index in [1.807, 2.05) is 6.92 Å². The van der Waals surface area contributed by atoms with Gasteiger partial charge in [-0.15, -0.1) is 0 Å². The van der Waals surface area contributed by atoms with Crippen LogP contribution in [-0.2, 0) is 14.4 Å². The van der Waals surface area contributed by atoms with Gasteiger partial charge < -0.3 is 15.3 Å². The Labute approximate surface area is 135 Å². The number of benzene rings is 1. The number of rotatable bonds is 7. The number of anilines is 1. The summed E-state index contributed by atoms with van der Waals surface area (Å²) in [6, 6.07) is 7.09. The molecule has 1 aliphatic heterocycles. The van der Waals surface area contributed by atoms with Crippen LogP contribution in [0.4, 0.5) is 5.69 Å². The number of aliphatic carboxylic acids is 1. The molecule has 0 aromatic heterocycles. The van der Waals surface area contributed by atoms with E-state index in [1.54, 1.807) is 24.3 Å². The third kappa shape index (κ3) is 4.09. The van der Waals surface area contributed by atoms with Crippen LogP contribution in [-0.4, -0.2) is 36.0 Å². The van der Waals surface area contributed by atoms with Crippen molar-refractivity contribution in [2.45, 2.75) is 38.5 Å². The Morgan fingerprint density at radius 2 is 2.00 bits per heavy atom. The molecule has 0 saturated carbocycles. The highest BCUT2D eigenvalue weighted by molar-refractivity contribution is 5.99. The number of carbonyl (C=O) groups excluding carboxylic acids is 2. The molecule has 2 rings (SSSR count). The van der Waals surface area contributed by atoms with Gasteiger partial charge >= 0.3 is 5.97 Å². The summed E-state index contributed by atoms with van der Waals surface area (Å²) in [5.41, 5.74) is 1.34. The average molecular weight is 318 g/mol. The van der Waals surface area contributed by atoms with Crippen molar-refractivity contribution in [1.82, 2.24) is 5.32 Å². The van der Waals surface area contributed by atoms with Gasteiger partial charge in [-0.3, -0.25) is 14.4 Å². The first-order chi connectivity index (χ1) is 11.0. The molecule has 23 heavy (non-hydrogen) atoms. The van der Waals surface area contributed by atoms with Crippen LogP contribution in [0.3, 0.4) is 0 Å². The van der Waals surface area contributed by atoms with Crippen molar-refractivity contribution in [1.29, 1.82) is 0 Å². The highest BCUT2D eigenvalue weighted by Gasteiger charge is 2.35. The van der Waals surface area contributed by atoms with Crippen LogP contribution in [0.5, 0.6) is 0 Å². The molecule has 6 nitrogen and oxygen atoms in total. The van der Waals surface area contributed by atoms with Crippen molar-refractivity contribution in [2.24, 2.45) is 0 Å². The number of carboxylic acid groups (broad SMARTS) is 1. The molecular weight excluding hydrogens is 296 g/mol. The molecule has 0 spiro atoms. The largest absolute Gasteiger partial charge is 0.481 e. The minimum absolute atomic E-state index is 0.0510. The van der Waals surface area contributed by atoms with Crippen LogP contribution < -0.4 is 10.2 Å². The van der Waals surface area contributed by atoms with Crippen LogP contribution in [0.15, 0.2) is 24.3 Å². The number of hydrogen-bond acceptors (Lipinski definition) is 3. The fourth-order valence-electron chi connectivity index (χ4n) is 2.74. The minimum atomic E-state index is -0.924. The lowest BCUT2D eigenvalue weighted by atomic mass is 10.0. The van der Waals surface area contributed by atoms with Gasteiger partial charge in [0.2, 0.25) is 11.8 Å². The number of nitrogens with one attached hydrogen (secondary N) is 1. The highest BCUT2D eigenvalue weighted by Crippen LogP contribution is 2.36.